The maximum atomic E-state index is 12.9. The fourth-order valence-electron chi connectivity index (χ4n) is 3.57. The van der Waals surface area contributed by atoms with E-state index in [0.717, 1.165) is 25.1 Å². The van der Waals surface area contributed by atoms with Crippen LogP contribution < -0.4 is 10.2 Å². The standard InChI is InChI=1S/C22H24ClF3N4O2/c1-13(2)21(32)29-19-9-15(5-6-27-19)18(31)8-14-4-3-7-30(12-14)20-17(23)10-16(11-28-20)22(24,25)26/h5-6,9-11,13-14H,3-4,7-8,12H2,1-2H3,(H,27,29,32)/t14-/m0/s1. The minimum Gasteiger partial charge on any atom is -0.355 e. The van der Waals surface area contributed by atoms with Crippen LogP contribution in [0.5, 0.6) is 0 Å². The third-order valence-corrected chi connectivity index (χ3v) is 5.58. The number of piperidine rings is 1. The van der Waals surface area contributed by atoms with Crippen LogP contribution in [0.4, 0.5) is 24.8 Å². The van der Waals surface area contributed by atoms with Crippen LogP contribution in [0, 0.1) is 11.8 Å². The van der Waals surface area contributed by atoms with Gasteiger partial charge in [-0.1, -0.05) is 25.4 Å². The predicted molar refractivity (Wildman–Crippen MR) is 116 cm³/mol. The van der Waals surface area contributed by atoms with Crippen molar-refractivity contribution in [1.29, 1.82) is 0 Å². The van der Waals surface area contributed by atoms with E-state index in [1.807, 2.05) is 4.90 Å². The summed E-state index contributed by atoms with van der Waals surface area (Å²) < 4.78 is 38.6. The van der Waals surface area contributed by atoms with Crippen molar-refractivity contribution in [2.75, 3.05) is 23.3 Å². The van der Waals surface area contributed by atoms with Gasteiger partial charge in [0.2, 0.25) is 5.91 Å². The number of rotatable bonds is 6. The van der Waals surface area contributed by atoms with Crippen LogP contribution in [0.3, 0.4) is 0 Å². The van der Waals surface area contributed by atoms with E-state index in [-0.39, 0.29) is 35.0 Å². The molecule has 1 aliphatic rings. The third kappa shape index (κ3) is 5.97. The number of alkyl halides is 3. The topological polar surface area (TPSA) is 75.2 Å². The molecule has 3 rings (SSSR count). The fourth-order valence-corrected chi connectivity index (χ4v) is 3.85. The summed E-state index contributed by atoms with van der Waals surface area (Å²) in [6.07, 6.45) is -0.423. The molecule has 10 heteroatoms. The molecule has 1 N–H and O–H groups in total. The minimum atomic E-state index is -4.51. The number of carbonyl (C=O) groups is 2. The molecule has 1 fully saturated rings. The molecule has 2 aromatic heterocycles. The number of halogens is 4. The van der Waals surface area contributed by atoms with E-state index < -0.39 is 11.7 Å². The largest absolute Gasteiger partial charge is 0.417 e. The maximum absolute atomic E-state index is 12.9. The normalized spacial score (nSPS) is 16.8. The fraction of sp³-hybridized carbons (Fsp3) is 0.455. The molecule has 2 aromatic rings. The summed E-state index contributed by atoms with van der Waals surface area (Å²) >= 11 is 6.09. The second-order valence-corrected chi connectivity index (χ2v) is 8.59. The molecule has 0 bridgehead atoms. The number of carbonyl (C=O) groups excluding carboxylic acids is 2. The molecule has 1 atom stereocenters. The number of hydrogen-bond donors (Lipinski definition) is 1. The highest BCUT2D eigenvalue weighted by Crippen LogP contribution is 2.35. The van der Waals surface area contributed by atoms with Gasteiger partial charge in [-0.05, 0) is 37.0 Å². The van der Waals surface area contributed by atoms with Gasteiger partial charge in [-0.3, -0.25) is 9.59 Å². The number of amides is 1. The van der Waals surface area contributed by atoms with E-state index in [9.17, 15) is 22.8 Å². The lowest BCUT2D eigenvalue weighted by Gasteiger charge is -2.34. The smallest absolute Gasteiger partial charge is 0.355 e. The van der Waals surface area contributed by atoms with Crippen molar-refractivity contribution in [3.05, 3.63) is 46.7 Å². The van der Waals surface area contributed by atoms with Gasteiger partial charge in [0, 0.05) is 43.4 Å². The Morgan fingerprint density at radius 2 is 2.03 bits per heavy atom. The van der Waals surface area contributed by atoms with Crippen molar-refractivity contribution in [3.63, 3.8) is 0 Å². The molecule has 0 radical (unpaired) electrons. The van der Waals surface area contributed by atoms with Crippen LogP contribution >= 0.6 is 11.6 Å². The average molecular weight is 469 g/mol. The van der Waals surface area contributed by atoms with Crippen molar-refractivity contribution in [2.24, 2.45) is 11.8 Å². The summed E-state index contributed by atoms with van der Waals surface area (Å²) in [7, 11) is 0. The van der Waals surface area contributed by atoms with Crippen LogP contribution in [0.2, 0.25) is 5.02 Å². The molecule has 6 nitrogen and oxygen atoms in total. The van der Waals surface area contributed by atoms with Gasteiger partial charge in [-0.2, -0.15) is 13.2 Å². The Kier molecular flexibility index (Phi) is 7.38. The van der Waals surface area contributed by atoms with Crippen molar-refractivity contribution in [2.45, 2.75) is 39.3 Å². The first-order valence-corrected chi connectivity index (χ1v) is 10.7. The Bertz CT molecular complexity index is 997. The summed E-state index contributed by atoms with van der Waals surface area (Å²) in [5, 5.41) is 2.61. The Morgan fingerprint density at radius 3 is 2.69 bits per heavy atom. The van der Waals surface area contributed by atoms with Gasteiger partial charge in [-0.15, -0.1) is 0 Å². The van der Waals surface area contributed by atoms with Crippen LogP contribution in [0.1, 0.15) is 49.0 Å². The maximum Gasteiger partial charge on any atom is 0.417 e. The highest BCUT2D eigenvalue weighted by atomic mass is 35.5. The van der Waals surface area contributed by atoms with Gasteiger partial charge in [0.15, 0.2) is 5.78 Å². The quantitative estimate of drug-likeness (QED) is 0.587. The summed E-state index contributed by atoms with van der Waals surface area (Å²) in [5.41, 5.74) is -0.449. The molecule has 1 aliphatic heterocycles. The lowest BCUT2D eigenvalue weighted by molar-refractivity contribution is -0.137. The summed E-state index contributed by atoms with van der Waals surface area (Å²) in [6.45, 7) is 4.59. The average Bonchev–Trinajstić information content (AvgIpc) is 2.73. The summed E-state index contributed by atoms with van der Waals surface area (Å²) in [4.78, 5) is 34.5. The van der Waals surface area contributed by atoms with Crippen molar-refractivity contribution < 1.29 is 22.8 Å². The predicted octanol–water partition coefficient (Wildman–Crippen LogP) is 5.23. The van der Waals surface area contributed by atoms with Crippen LogP contribution in [-0.4, -0.2) is 34.7 Å². The highest BCUT2D eigenvalue weighted by Gasteiger charge is 2.32. The number of ketones is 1. The number of pyridine rings is 2. The van der Waals surface area contributed by atoms with Gasteiger partial charge in [0.1, 0.15) is 11.6 Å². The molecule has 1 saturated heterocycles. The Labute approximate surface area is 189 Å². The highest BCUT2D eigenvalue weighted by molar-refractivity contribution is 6.33. The Hall–Kier alpha value is -2.68. The van der Waals surface area contributed by atoms with Crippen molar-refractivity contribution in [3.8, 4) is 0 Å². The van der Waals surface area contributed by atoms with E-state index in [1.165, 1.54) is 6.20 Å². The van der Waals surface area contributed by atoms with E-state index in [2.05, 4.69) is 15.3 Å². The molecule has 1 amide bonds. The molecule has 0 spiro atoms. The molecule has 3 heterocycles. The lowest BCUT2D eigenvalue weighted by Crippen LogP contribution is -2.37. The third-order valence-electron chi connectivity index (χ3n) is 5.30. The Morgan fingerprint density at radius 1 is 1.28 bits per heavy atom. The second-order valence-electron chi connectivity index (χ2n) is 8.18. The van der Waals surface area contributed by atoms with Crippen molar-refractivity contribution >= 4 is 34.9 Å². The number of nitrogens with zero attached hydrogens (tertiary/aromatic N) is 3. The number of Topliss-reactive ketones (excluding diaryl/α,β-unsaturated/α-hetero) is 1. The molecule has 0 aliphatic carbocycles. The monoisotopic (exact) mass is 468 g/mol. The van der Waals surface area contributed by atoms with Crippen LogP contribution in [0.25, 0.3) is 0 Å². The molecule has 0 aromatic carbocycles. The SMILES string of the molecule is CC(C)C(=O)Nc1cc(C(=O)C[C@@H]2CCCN(c3ncc(C(F)(F)F)cc3Cl)C2)ccn1. The zero-order valence-electron chi connectivity index (χ0n) is 17.7. The first-order chi connectivity index (χ1) is 15.0. The van der Waals surface area contributed by atoms with E-state index in [4.69, 9.17) is 11.6 Å². The Balaban J connectivity index is 1.66. The molecule has 32 heavy (non-hydrogen) atoms. The molecular weight excluding hydrogens is 445 g/mol. The number of hydrogen-bond acceptors (Lipinski definition) is 5. The molecule has 0 unspecified atom stereocenters. The van der Waals surface area contributed by atoms with Gasteiger partial charge in [0.25, 0.3) is 0 Å². The van der Waals surface area contributed by atoms with E-state index >= 15 is 0 Å². The second kappa shape index (κ2) is 9.85. The number of anilines is 2. The van der Waals surface area contributed by atoms with Crippen LogP contribution in [-0.2, 0) is 11.0 Å². The number of nitrogens with one attached hydrogen (secondary N) is 1. The van der Waals surface area contributed by atoms with Gasteiger partial charge < -0.3 is 10.2 Å². The van der Waals surface area contributed by atoms with Gasteiger partial charge in [-0.25, -0.2) is 9.97 Å². The summed E-state index contributed by atoms with van der Waals surface area (Å²) in [5.74, 6) is 0.116. The van der Waals surface area contributed by atoms with E-state index in [1.54, 1.807) is 26.0 Å². The van der Waals surface area contributed by atoms with E-state index in [0.29, 0.717) is 30.3 Å². The van der Waals surface area contributed by atoms with Gasteiger partial charge in [0.05, 0.1) is 10.6 Å². The molecule has 172 valence electrons. The molecular formula is C22H24ClF3N4O2. The minimum absolute atomic E-state index is 0.00159. The first-order valence-electron chi connectivity index (χ1n) is 10.3. The zero-order valence-corrected chi connectivity index (χ0v) is 18.5. The van der Waals surface area contributed by atoms with Crippen molar-refractivity contribution in [1.82, 2.24) is 9.97 Å². The van der Waals surface area contributed by atoms with Crippen LogP contribution in [0.15, 0.2) is 30.6 Å². The molecule has 0 saturated carbocycles. The zero-order chi connectivity index (χ0) is 23.5. The lowest BCUT2D eigenvalue weighted by atomic mass is 9.91. The summed E-state index contributed by atoms with van der Waals surface area (Å²) in [6, 6.07) is 4.03. The first kappa shape index (κ1) is 24.0. The number of aromatic nitrogens is 2. The van der Waals surface area contributed by atoms with Gasteiger partial charge >= 0.3 is 6.18 Å².